The van der Waals surface area contributed by atoms with Crippen LogP contribution < -0.4 is 19.1 Å². The highest BCUT2D eigenvalue weighted by Gasteiger charge is 2.22. The summed E-state index contributed by atoms with van der Waals surface area (Å²) in [5.74, 6) is 1.58. The minimum absolute atomic E-state index is 0.0530. The van der Waals surface area contributed by atoms with Crippen molar-refractivity contribution >= 4 is 33.6 Å². The Kier molecular flexibility index (Phi) is 6.06. The minimum atomic E-state index is -0.0530. The highest BCUT2D eigenvalue weighted by Crippen LogP contribution is 2.38. The molecule has 0 aromatic heterocycles. The lowest BCUT2D eigenvalue weighted by Gasteiger charge is -2.29. The van der Waals surface area contributed by atoms with Crippen LogP contribution in [-0.2, 0) is 11.2 Å². The van der Waals surface area contributed by atoms with E-state index in [1.54, 1.807) is 33.5 Å². The van der Waals surface area contributed by atoms with Crippen molar-refractivity contribution < 1.29 is 19.0 Å². The normalized spacial score (nSPS) is 13.4. The summed E-state index contributed by atoms with van der Waals surface area (Å²) in [4.78, 5) is 14.6. The molecule has 0 saturated carbocycles. The molecular weight excluding hydrogens is 410 g/mol. The van der Waals surface area contributed by atoms with Gasteiger partial charge in [-0.3, -0.25) is 4.79 Å². The largest absolute Gasteiger partial charge is 0.493 e. The Hall–Kier alpha value is -2.47. The lowest BCUT2D eigenvalue weighted by Crippen LogP contribution is -2.34. The van der Waals surface area contributed by atoms with E-state index in [9.17, 15) is 4.79 Å². The van der Waals surface area contributed by atoms with Crippen LogP contribution >= 0.6 is 15.9 Å². The number of nitrogens with zero attached hydrogens (tertiary/aromatic N) is 1. The smallest absolute Gasteiger partial charge is 0.250 e. The summed E-state index contributed by atoms with van der Waals surface area (Å²) in [6.45, 7) is 0.710. The predicted molar refractivity (Wildman–Crippen MR) is 110 cm³/mol. The summed E-state index contributed by atoms with van der Waals surface area (Å²) < 4.78 is 17.1. The average molecular weight is 432 g/mol. The molecule has 0 spiro atoms. The van der Waals surface area contributed by atoms with Crippen LogP contribution in [0.5, 0.6) is 17.2 Å². The molecular formula is C21H22BrNO4. The molecule has 0 saturated heterocycles. The lowest BCUT2D eigenvalue weighted by atomic mass is 10.0. The van der Waals surface area contributed by atoms with Crippen LogP contribution in [0.25, 0.3) is 6.08 Å². The van der Waals surface area contributed by atoms with Crippen LogP contribution in [0.3, 0.4) is 0 Å². The van der Waals surface area contributed by atoms with Gasteiger partial charge in [0.05, 0.1) is 21.3 Å². The number of rotatable bonds is 5. The molecule has 2 aromatic rings. The van der Waals surface area contributed by atoms with Gasteiger partial charge in [-0.25, -0.2) is 0 Å². The minimum Gasteiger partial charge on any atom is -0.493 e. The van der Waals surface area contributed by atoms with Crippen molar-refractivity contribution in [2.75, 3.05) is 32.8 Å². The fourth-order valence-electron chi connectivity index (χ4n) is 3.27. The number of benzene rings is 2. The maximum Gasteiger partial charge on any atom is 0.250 e. The van der Waals surface area contributed by atoms with E-state index in [1.807, 2.05) is 35.2 Å². The number of anilines is 1. The summed E-state index contributed by atoms with van der Waals surface area (Å²) in [6.07, 6.45) is 5.26. The number of halogens is 1. The number of ether oxygens (including phenoxy) is 3. The Morgan fingerprint density at radius 2 is 1.81 bits per heavy atom. The van der Waals surface area contributed by atoms with Crippen LogP contribution in [0.1, 0.15) is 17.5 Å². The van der Waals surface area contributed by atoms with Gasteiger partial charge in [0.2, 0.25) is 5.75 Å². The van der Waals surface area contributed by atoms with Gasteiger partial charge in [0.25, 0.3) is 5.91 Å². The first-order valence-electron chi connectivity index (χ1n) is 8.66. The monoisotopic (exact) mass is 431 g/mol. The molecule has 0 bridgehead atoms. The Morgan fingerprint density at radius 3 is 2.44 bits per heavy atom. The third kappa shape index (κ3) is 3.95. The highest BCUT2D eigenvalue weighted by molar-refractivity contribution is 9.10. The zero-order chi connectivity index (χ0) is 19.4. The third-order valence-electron chi connectivity index (χ3n) is 4.56. The molecule has 0 N–H and O–H groups in total. The van der Waals surface area contributed by atoms with Gasteiger partial charge in [-0.2, -0.15) is 0 Å². The number of amides is 1. The van der Waals surface area contributed by atoms with Crippen LogP contribution in [0.4, 0.5) is 5.69 Å². The quantitative estimate of drug-likeness (QED) is 0.655. The first kappa shape index (κ1) is 19.3. The van der Waals surface area contributed by atoms with Gasteiger partial charge >= 0.3 is 0 Å². The molecule has 0 radical (unpaired) electrons. The van der Waals surface area contributed by atoms with Crippen LogP contribution in [-0.4, -0.2) is 33.8 Å². The number of hydrogen-bond donors (Lipinski definition) is 0. The molecule has 1 aliphatic rings. The molecule has 142 valence electrons. The topological polar surface area (TPSA) is 48.0 Å². The van der Waals surface area contributed by atoms with Crippen LogP contribution in [0.15, 0.2) is 40.9 Å². The Labute approximate surface area is 167 Å². The van der Waals surface area contributed by atoms with Crippen molar-refractivity contribution in [3.05, 3.63) is 52.0 Å². The van der Waals surface area contributed by atoms with Crippen molar-refractivity contribution in [1.29, 1.82) is 0 Å². The van der Waals surface area contributed by atoms with Gasteiger partial charge in [-0.1, -0.05) is 22.0 Å². The summed E-state index contributed by atoms with van der Waals surface area (Å²) in [5, 5.41) is 0. The number of fused-ring (bicyclic) bond motifs is 1. The molecule has 0 aliphatic carbocycles. The lowest BCUT2D eigenvalue weighted by molar-refractivity contribution is -0.114. The molecule has 0 fully saturated rings. The standard InChI is InChI=1S/C21H22BrNO4/c1-25-18-12-14(13-19(26-2)21(18)27-3)9-10-20(24)23-11-5-6-15-16(22)7-4-8-17(15)23/h4,7-10,12-13H,5-6,11H2,1-3H3/b10-9+. The second kappa shape index (κ2) is 8.48. The fourth-order valence-corrected chi connectivity index (χ4v) is 3.82. The van der Waals surface area contributed by atoms with E-state index in [2.05, 4.69) is 15.9 Å². The van der Waals surface area contributed by atoms with Crippen LogP contribution in [0.2, 0.25) is 0 Å². The molecule has 0 unspecified atom stereocenters. The van der Waals surface area contributed by atoms with Crippen LogP contribution in [0, 0.1) is 0 Å². The van der Waals surface area contributed by atoms with Crippen molar-refractivity contribution in [1.82, 2.24) is 0 Å². The molecule has 0 atom stereocenters. The number of methoxy groups -OCH3 is 3. The molecule has 3 rings (SSSR count). The van der Waals surface area contributed by atoms with Crippen molar-refractivity contribution in [3.8, 4) is 17.2 Å². The van der Waals surface area contributed by atoms with Gasteiger partial charge < -0.3 is 19.1 Å². The van der Waals surface area contributed by atoms with Crippen molar-refractivity contribution in [2.45, 2.75) is 12.8 Å². The number of hydrogen-bond acceptors (Lipinski definition) is 4. The van der Waals surface area contributed by atoms with Crippen molar-refractivity contribution in [2.24, 2.45) is 0 Å². The number of carbonyl (C=O) groups excluding carboxylic acids is 1. The molecule has 5 nitrogen and oxygen atoms in total. The van der Waals surface area contributed by atoms with Crippen molar-refractivity contribution in [3.63, 3.8) is 0 Å². The van der Waals surface area contributed by atoms with E-state index in [0.29, 0.717) is 23.8 Å². The van der Waals surface area contributed by atoms with E-state index in [1.165, 1.54) is 5.56 Å². The second-order valence-corrected chi connectivity index (χ2v) is 6.98. The summed E-state index contributed by atoms with van der Waals surface area (Å²) >= 11 is 3.58. The Morgan fingerprint density at radius 1 is 1.11 bits per heavy atom. The zero-order valence-electron chi connectivity index (χ0n) is 15.6. The molecule has 1 aliphatic heterocycles. The second-order valence-electron chi connectivity index (χ2n) is 6.12. The zero-order valence-corrected chi connectivity index (χ0v) is 17.2. The average Bonchev–Trinajstić information content (AvgIpc) is 2.71. The summed E-state index contributed by atoms with van der Waals surface area (Å²) in [6, 6.07) is 9.58. The Bertz CT molecular complexity index is 853. The maximum absolute atomic E-state index is 12.8. The summed E-state index contributed by atoms with van der Waals surface area (Å²) in [7, 11) is 4.70. The SMILES string of the molecule is COc1cc(/C=C/C(=O)N2CCCc3c(Br)cccc32)cc(OC)c1OC. The van der Waals surface area contributed by atoms with Gasteiger partial charge in [-0.05, 0) is 54.3 Å². The molecule has 6 heteroatoms. The van der Waals surface area contributed by atoms with E-state index < -0.39 is 0 Å². The van der Waals surface area contributed by atoms with Gasteiger partial charge in [0.1, 0.15) is 0 Å². The fraction of sp³-hybridized carbons (Fsp3) is 0.286. The van der Waals surface area contributed by atoms with E-state index >= 15 is 0 Å². The van der Waals surface area contributed by atoms with E-state index in [0.717, 1.165) is 28.6 Å². The first-order valence-corrected chi connectivity index (χ1v) is 9.45. The number of carbonyl (C=O) groups is 1. The Balaban J connectivity index is 1.87. The predicted octanol–water partition coefficient (Wildman–Crippen LogP) is 4.47. The van der Waals surface area contributed by atoms with Gasteiger partial charge in [-0.15, -0.1) is 0 Å². The highest BCUT2D eigenvalue weighted by atomic mass is 79.9. The summed E-state index contributed by atoms with van der Waals surface area (Å²) in [5.41, 5.74) is 2.94. The first-order chi connectivity index (χ1) is 13.1. The molecule has 27 heavy (non-hydrogen) atoms. The molecule has 1 amide bonds. The molecule has 2 aromatic carbocycles. The van der Waals surface area contributed by atoms with Gasteiger partial charge in [0, 0.05) is 22.8 Å². The van der Waals surface area contributed by atoms with E-state index in [4.69, 9.17) is 14.2 Å². The van der Waals surface area contributed by atoms with E-state index in [-0.39, 0.29) is 5.91 Å². The molecule has 1 heterocycles. The maximum atomic E-state index is 12.8. The third-order valence-corrected chi connectivity index (χ3v) is 5.31. The van der Waals surface area contributed by atoms with Gasteiger partial charge in [0.15, 0.2) is 11.5 Å².